The van der Waals surface area contributed by atoms with Crippen LogP contribution >= 0.6 is 0 Å². The van der Waals surface area contributed by atoms with Crippen LogP contribution < -0.4 is 5.32 Å². The third-order valence-electron chi connectivity index (χ3n) is 4.40. The van der Waals surface area contributed by atoms with Gasteiger partial charge < -0.3 is 15.0 Å². The van der Waals surface area contributed by atoms with Crippen molar-refractivity contribution in [3.8, 4) is 0 Å². The Bertz CT molecular complexity index is 582. The molecule has 0 unspecified atom stereocenters. The quantitative estimate of drug-likeness (QED) is 0.845. The van der Waals surface area contributed by atoms with Crippen molar-refractivity contribution in [2.45, 2.75) is 44.1 Å². The zero-order chi connectivity index (χ0) is 14.0. The molecule has 3 rings (SSSR count). The van der Waals surface area contributed by atoms with E-state index in [0.717, 1.165) is 42.7 Å². The lowest BCUT2D eigenvalue weighted by atomic mass is 9.95. The number of aliphatic hydroxyl groups is 1. The molecule has 2 aromatic rings. The smallest absolute Gasteiger partial charge is 0.203 e. The number of anilines is 1. The molecule has 1 aromatic carbocycles. The summed E-state index contributed by atoms with van der Waals surface area (Å²) in [5.74, 6) is 0.837. The second-order valence-corrected chi connectivity index (χ2v) is 5.98. The van der Waals surface area contributed by atoms with Crippen LogP contribution in [0.4, 0.5) is 5.95 Å². The van der Waals surface area contributed by atoms with Gasteiger partial charge in [-0.15, -0.1) is 0 Å². The zero-order valence-electron chi connectivity index (χ0n) is 12.1. The second-order valence-electron chi connectivity index (χ2n) is 5.98. The number of rotatable bonds is 3. The highest BCUT2D eigenvalue weighted by atomic mass is 16.3. The van der Waals surface area contributed by atoms with Gasteiger partial charge in [-0.1, -0.05) is 37.8 Å². The van der Waals surface area contributed by atoms with Crippen LogP contribution in [-0.4, -0.2) is 26.8 Å². The lowest BCUT2D eigenvalue weighted by molar-refractivity contribution is 0.0379. The van der Waals surface area contributed by atoms with Crippen molar-refractivity contribution >= 4 is 17.0 Å². The maximum atomic E-state index is 10.7. The molecule has 20 heavy (non-hydrogen) atoms. The molecule has 4 heteroatoms. The molecular formula is C16H23N3O. The van der Waals surface area contributed by atoms with E-state index in [2.05, 4.69) is 20.9 Å². The Morgan fingerprint density at radius 2 is 1.90 bits per heavy atom. The summed E-state index contributed by atoms with van der Waals surface area (Å²) < 4.78 is 2.05. The Labute approximate surface area is 119 Å². The number of hydrogen-bond acceptors (Lipinski definition) is 3. The second kappa shape index (κ2) is 5.44. The number of hydrogen-bond donors (Lipinski definition) is 2. The van der Waals surface area contributed by atoms with Gasteiger partial charge in [0.2, 0.25) is 5.95 Å². The molecule has 0 saturated heterocycles. The highest BCUT2D eigenvalue weighted by Gasteiger charge is 2.28. The normalized spacial score (nSPS) is 18.9. The van der Waals surface area contributed by atoms with Crippen molar-refractivity contribution in [3.05, 3.63) is 24.3 Å². The minimum atomic E-state index is -0.575. The van der Waals surface area contributed by atoms with Gasteiger partial charge in [-0.25, -0.2) is 4.98 Å². The van der Waals surface area contributed by atoms with E-state index in [9.17, 15) is 5.11 Å². The summed E-state index contributed by atoms with van der Waals surface area (Å²) in [6.45, 7) is 0.587. The average Bonchev–Trinajstić information content (AvgIpc) is 2.63. The van der Waals surface area contributed by atoms with Crippen molar-refractivity contribution in [2.75, 3.05) is 11.9 Å². The van der Waals surface area contributed by atoms with Crippen molar-refractivity contribution in [3.63, 3.8) is 0 Å². The Morgan fingerprint density at radius 3 is 2.60 bits per heavy atom. The Hall–Kier alpha value is -1.55. The molecule has 2 N–H and O–H groups in total. The van der Waals surface area contributed by atoms with Gasteiger partial charge in [-0.3, -0.25) is 0 Å². The zero-order valence-corrected chi connectivity index (χ0v) is 12.1. The van der Waals surface area contributed by atoms with E-state index in [1.54, 1.807) is 0 Å². The molecule has 0 amide bonds. The minimum Gasteiger partial charge on any atom is -0.388 e. The first-order chi connectivity index (χ1) is 9.68. The molecule has 0 aliphatic heterocycles. The molecule has 1 heterocycles. The Morgan fingerprint density at radius 1 is 1.20 bits per heavy atom. The van der Waals surface area contributed by atoms with Crippen molar-refractivity contribution in [2.24, 2.45) is 7.05 Å². The fourth-order valence-corrected chi connectivity index (χ4v) is 3.11. The van der Waals surface area contributed by atoms with Gasteiger partial charge in [-0.2, -0.15) is 0 Å². The molecule has 0 spiro atoms. The van der Waals surface area contributed by atoms with Crippen molar-refractivity contribution < 1.29 is 5.11 Å². The van der Waals surface area contributed by atoms with Crippen LogP contribution in [0.3, 0.4) is 0 Å². The van der Waals surface area contributed by atoms with E-state index in [1.807, 2.05) is 25.2 Å². The number of nitrogens with one attached hydrogen (secondary N) is 1. The summed E-state index contributed by atoms with van der Waals surface area (Å²) in [5, 5.41) is 14.0. The van der Waals surface area contributed by atoms with Crippen LogP contribution in [0.25, 0.3) is 11.0 Å². The lowest BCUT2D eigenvalue weighted by Gasteiger charge is -2.27. The summed E-state index contributed by atoms with van der Waals surface area (Å²) in [4.78, 5) is 4.59. The minimum absolute atomic E-state index is 0.575. The third kappa shape index (κ3) is 2.66. The van der Waals surface area contributed by atoms with Gasteiger partial charge in [0.1, 0.15) is 0 Å². The number of fused-ring (bicyclic) bond motifs is 1. The van der Waals surface area contributed by atoms with E-state index >= 15 is 0 Å². The largest absolute Gasteiger partial charge is 0.388 e. The molecule has 0 atom stereocenters. The number of aryl methyl sites for hydroxylation is 1. The lowest BCUT2D eigenvalue weighted by Crippen LogP contribution is -2.36. The van der Waals surface area contributed by atoms with Crippen LogP contribution in [0.2, 0.25) is 0 Å². The van der Waals surface area contributed by atoms with E-state index in [0.29, 0.717) is 6.54 Å². The molecule has 1 fully saturated rings. The average molecular weight is 273 g/mol. The number of imidazole rings is 1. The summed E-state index contributed by atoms with van der Waals surface area (Å²) in [6, 6.07) is 8.10. The summed E-state index contributed by atoms with van der Waals surface area (Å²) in [5.41, 5.74) is 1.53. The van der Waals surface area contributed by atoms with Crippen molar-refractivity contribution in [1.82, 2.24) is 9.55 Å². The van der Waals surface area contributed by atoms with Crippen LogP contribution in [0.5, 0.6) is 0 Å². The van der Waals surface area contributed by atoms with E-state index in [4.69, 9.17) is 0 Å². The third-order valence-corrected chi connectivity index (χ3v) is 4.40. The fraction of sp³-hybridized carbons (Fsp3) is 0.562. The predicted octanol–water partition coefficient (Wildman–Crippen LogP) is 3.07. The molecular weight excluding hydrogens is 250 g/mol. The number of para-hydroxylation sites is 2. The van der Waals surface area contributed by atoms with Gasteiger partial charge in [0, 0.05) is 13.6 Å². The molecule has 1 aromatic heterocycles. The van der Waals surface area contributed by atoms with Crippen molar-refractivity contribution in [1.29, 1.82) is 0 Å². The fourth-order valence-electron chi connectivity index (χ4n) is 3.11. The molecule has 4 nitrogen and oxygen atoms in total. The van der Waals surface area contributed by atoms with Crippen LogP contribution in [0.1, 0.15) is 38.5 Å². The molecule has 108 valence electrons. The van der Waals surface area contributed by atoms with Crippen LogP contribution in [0, 0.1) is 0 Å². The first-order valence-electron chi connectivity index (χ1n) is 7.56. The first-order valence-corrected chi connectivity index (χ1v) is 7.56. The van der Waals surface area contributed by atoms with Gasteiger partial charge in [0.05, 0.1) is 16.6 Å². The number of nitrogens with zero attached hydrogens (tertiary/aromatic N) is 2. The number of benzene rings is 1. The molecule has 0 radical (unpaired) electrons. The number of aromatic nitrogens is 2. The maximum absolute atomic E-state index is 10.7. The van der Waals surface area contributed by atoms with E-state index in [1.165, 1.54) is 12.8 Å². The van der Waals surface area contributed by atoms with Gasteiger partial charge in [0.15, 0.2) is 0 Å². The predicted molar refractivity (Wildman–Crippen MR) is 81.9 cm³/mol. The van der Waals surface area contributed by atoms with Gasteiger partial charge in [-0.05, 0) is 25.0 Å². The molecule has 1 aliphatic carbocycles. The SMILES string of the molecule is Cn1c(NCC2(O)CCCCCC2)nc2ccccc21. The maximum Gasteiger partial charge on any atom is 0.203 e. The Kier molecular flexibility index (Phi) is 3.66. The topological polar surface area (TPSA) is 50.1 Å². The van der Waals surface area contributed by atoms with Gasteiger partial charge >= 0.3 is 0 Å². The van der Waals surface area contributed by atoms with E-state index in [-0.39, 0.29) is 0 Å². The first kappa shape index (κ1) is 13.4. The molecule has 0 bridgehead atoms. The monoisotopic (exact) mass is 273 g/mol. The molecule has 1 saturated carbocycles. The summed E-state index contributed by atoms with van der Waals surface area (Å²) >= 11 is 0. The van der Waals surface area contributed by atoms with Gasteiger partial charge in [0.25, 0.3) is 0 Å². The van der Waals surface area contributed by atoms with Crippen LogP contribution in [-0.2, 0) is 7.05 Å². The highest BCUT2D eigenvalue weighted by Crippen LogP contribution is 2.27. The molecule has 1 aliphatic rings. The Balaban J connectivity index is 1.74. The highest BCUT2D eigenvalue weighted by molar-refractivity contribution is 5.78. The standard InChI is InChI=1S/C16H23N3O/c1-19-14-9-5-4-8-13(14)18-15(19)17-12-16(20)10-6-2-3-7-11-16/h4-5,8-9,20H,2-3,6-7,10-12H2,1H3,(H,17,18). The van der Waals surface area contributed by atoms with E-state index < -0.39 is 5.60 Å². The summed E-state index contributed by atoms with van der Waals surface area (Å²) in [7, 11) is 2.01. The van der Waals surface area contributed by atoms with Crippen LogP contribution in [0.15, 0.2) is 24.3 Å². The summed E-state index contributed by atoms with van der Waals surface area (Å²) in [6.07, 6.45) is 6.53.